The number of amides is 2. The van der Waals surface area contributed by atoms with E-state index in [4.69, 9.17) is 4.74 Å². The van der Waals surface area contributed by atoms with Crippen LogP contribution < -0.4 is 3.53 Å². The van der Waals surface area contributed by atoms with Gasteiger partial charge in [0.05, 0.1) is 29.0 Å². The largest absolute Gasteiger partial charge is 0.376 e. The lowest BCUT2D eigenvalue weighted by Crippen LogP contribution is -2.42. The number of rotatable bonds is 7. The molecule has 6 heteroatoms. The van der Waals surface area contributed by atoms with Crippen LogP contribution in [0.1, 0.15) is 31.7 Å². The van der Waals surface area contributed by atoms with Crippen molar-refractivity contribution in [1.29, 1.82) is 0 Å². The highest BCUT2D eigenvalue weighted by Crippen LogP contribution is 2.21. The first kappa shape index (κ1) is 18.2. The Morgan fingerprint density at radius 1 is 1.30 bits per heavy atom. The summed E-state index contributed by atoms with van der Waals surface area (Å²) >= 11 is 1.81. The van der Waals surface area contributed by atoms with E-state index < -0.39 is 6.04 Å². The number of hydrogen-bond acceptors (Lipinski definition) is 3. The number of nitrogens with zero attached hydrogens (tertiary/aromatic N) is 1. The van der Waals surface area contributed by atoms with Crippen LogP contribution in [0.4, 0.5) is 0 Å². The number of nitrogens with one attached hydrogen (secondary N) is 1. The lowest BCUT2D eigenvalue weighted by molar-refractivity contribution is -0.136. The van der Waals surface area contributed by atoms with E-state index in [0.717, 1.165) is 19.3 Å². The Morgan fingerprint density at radius 2 is 2.04 bits per heavy atom. The van der Waals surface area contributed by atoms with E-state index >= 15 is 0 Å². The summed E-state index contributed by atoms with van der Waals surface area (Å²) < 4.78 is 8.46. The summed E-state index contributed by atoms with van der Waals surface area (Å²) in [5, 5.41) is 0. The van der Waals surface area contributed by atoms with Gasteiger partial charge in [-0.15, -0.1) is 0 Å². The number of aryl methyl sites for hydroxylation is 1. The number of likely N-dealkylation sites (tertiary alicyclic amines) is 1. The second kappa shape index (κ2) is 9.22. The molecular formula is C17H23IN2O3. The van der Waals surface area contributed by atoms with Crippen molar-refractivity contribution in [2.75, 3.05) is 13.2 Å². The molecular weight excluding hydrogens is 407 g/mol. The van der Waals surface area contributed by atoms with Gasteiger partial charge in [-0.3, -0.25) is 13.1 Å². The molecule has 2 atom stereocenters. The molecule has 0 spiro atoms. The normalized spacial score (nSPS) is 20.5. The first-order chi connectivity index (χ1) is 11.1. The van der Waals surface area contributed by atoms with Gasteiger partial charge < -0.3 is 9.64 Å². The van der Waals surface area contributed by atoms with Gasteiger partial charge in [-0.25, -0.2) is 0 Å². The van der Waals surface area contributed by atoms with Crippen LogP contribution in [0.5, 0.6) is 0 Å². The summed E-state index contributed by atoms with van der Waals surface area (Å²) in [5.41, 5.74) is 1.34. The number of unbranched alkanes of at least 4 members (excludes halogenated alkanes) is 1. The molecule has 23 heavy (non-hydrogen) atoms. The smallest absolute Gasteiger partial charge is 0.251 e. The topological polar surface area (TPSA) is 58.6 Å². The van der Waals surface area contributed by atoms with Crippen molar-refractivity contribution in [3.8, 4) is 0 Å². The van der Waals surface area contributed by atoms with E-state index in [1.54, 1.807) is 4.90 Å². The Bertz CT molecular complexity index is 524. The third kappa shape index (κ3) is 5.46. The molecule has 0 radical (unpaired) electrons. The highest BCUT2D eigenvalue weighted by molar-refractivity contribution is 14.1. The third-order valence-electron chi connectivity index (χ3n) is 4.12. The zero-order valence-electron chi connectivity index (χ0n) is 13.3. The van der Waals surface area contributed by atoms with E-state index in [2.05, 4.69) is 27.8 Å². The van der Waals surface area contributed by atoms with Crippen molar-refractivity contribution in [2.24, 2.45) is 0 Å². The van der Waals surface area contributed by atoms with Crippen molar-refractivity contribution in [2.45, 2.75) is 44.8 Å². The molecule has 1 fully saturated rings. The summed E-state index contributed by atoms with van der Waals surface area (Å²) in [6, 6.07) is 10.00. The molecule has 1 aliphatic heterocycles. The zero-order chi connectivity index (χ0) is 16.7. The number of halogens is 1. The molecule has 2 amide bonds. The second-order valence-electron chi connectivity index (χ2n) is 5.82. The standard InChI is InChI=1S/C17H23IN2O3/c1-13(21)20-12-15(11-16(20)17(22)19-18)23-10-6-5-9-14-7-3-2-4-8-14/h2-4,7-8,15-16H,5-6,9-12H2,1H3,(H,19,22)/t15-,16-/m0/s1. The molecule has 0 unspecified atom stereocenters. The van der Waals surface area contributed by atoms with Crippen LogP contribution >= 0.6 is 22.9 Å². The molecule has 2 rings (SSSR count). The average Bonchev–Trinajstić information content (AvgIpc) is 2.99. The molecule has 0 saturated carbocycles. The lowest BCUT2D eigenvalue weighted by Gasteiger charge is -2.20. The maximum Gasteiger partial charge on any atom is 0.251 e. The van der Waals surface area contributed by atoms with Gasteiger partial charge in [0.1, 0.15) is 6.04 Å². The molecule has 1 aromatic carbocycles. The highest BCUT2D eigenvalue weighted by Gasteiger charge is 2.38. The summed E-state index contributed by atoms with van der Waals surface area (Å²) in [6.45, 7) is 2.67. The van der Waals surface area contributed by atoms with E-state index in [0.29, 0.717) is 19.6 Å². The molecule has 1 N–H and O–H groups in total. The fraction of sp³-hybridized carbons (Fsp3) is 0.529. The Morgan fingerprint density at radius 3 is 2.70 bits per heavy atom. The minimum atomic E-state index is -0.404. The van der Waals surface area contributed by atoms with Gasteiger partial charge in [-0.1, -0.05) is 30.3 Å². The Labute approximate surface area is 151 Å². The molecule has 0 aliphatic carbocycles. The fourth-order valence-corrected chi connectivity index (χ4v) is 3.26. The molecule has 1 aliphatic rings. The van der Waals surface area contributed by atoms with Gasteiger partial charge in [-0.05, 0) is 24.8 Å². The molecule has 0 bridgehead atoms. The number of hydrogen-bond donors (Lipinski definition) is 1. The summed E-state index contributed by atoms with van der Waals surface area (Å²) in [6.07, 6.45) is 3.63. The summed E-state index contributed by atoms with van der Waals surface area (Å²) in [5.74, 6) is -0.207. The van der Waals surface area contributed by atoms with Gasteiger partial charge in [0.2, 0.25) is 5.91 Å². The Kier molecular flexibility index (Phi) is 7.29. The second-order valence-corrected chi connectivity index (χ2v) is 6.36. The SMILES string of the molecule is CC(=O)N1C[C@@H](OCCCCc2ccccc2)C[C@H]1C(=O)NI. The van der Waals surface area contributed by atoms with Crippen LogP contribution in [0.15, 0.2) is 30.3 Å². The number of benzene rings is 1. The lowest BCUT2D eigenvalue weighted by atomic mass is 10.1. The maximum absolute atomic E-state index is 11.8. The van der Waals surface area contributed by atoms with Gasteiger partial charge in [0.25, 0.3) is 5.91 Å². The molecule has 5 nitrogen and oxygen atoms in total. The van der Waals surface area contributed by atoms with Crippen molar-refractivity contribution in [3.05, 3.63) is 35.9 Å². The third-order valence-corrected chi connectivity index (χ3v) is 4.65. The minimum Gasteiger partial charge on any atom is -0.376 e. The van der Waals surface area contributed by atoms with Crippen molar-refractivity contribution < 1.29 is 14.3 Å². The Balaban J connectivity index is 1.70. The average molecular weight is 430 g/mol. The first-order valence-corrected chi connectivity index (χ1v) is 9.03. The van der Waals surface area contributed by atoms with Gasteiger partial charge >= 0.3 is 0 Å². The van der Waals surface area contributed by atoms with Crippen molar-refractivity contribution >= 4 is 34.7 Å². The molecule has 1 saturated heterocycles. The van der Waals surface area contributed by atoms with Gasteiger partial charge in [0, 0.05) is 26.5 Å². The van der Waals surface area contributed by atoms with E-state index in [1.807, 2.05) is 28.9 Å². The quantitative estimate of drug-likeness (QED) is 0.411. The number of carbonyl (C=O) groups is 2. The number of ether oxygens (including phenoxy) is 1. The van der Waals surface area contributed by atoms with Crippen molar-refractivity contribution in [3.63, 3.8) is 0 Å². The van der Waals surface area contributed by atoms with Crippen LogP contribution in [0.2, 0.25) is 0 Å². The molecule has 1 aromatic rings. The summed E-state index contributed by atoms with van der Waals surface area (Å²) in [4.78, 5) is 25.1. The van der Waals surface area contributed by atoms with E-state index in [1.165, 1.54) is 12.5 Å². The number of carbonyl (C=O) groups excluding carboxylic acids is 2. The molecule has 1 heterocycles. The fourth-order valence-electron chi connectivity index (χ4n) is 2.90. The van der Waals surface area contributed by atoms with E-state index in [9.17, 15) is 9.59 Å². The monoisotopic (exact) mass is 430 g/mol. The zero-order valence-corrected chi connectivity index (χ0v) is 15.5. The van der Waals surface area contributed by atoms with Crippen molar-refractivity contribution in [1.82, 2.24) is 8.43 Å². The van der Waals surface area contributed by atoms with Crippen LogP contribution in [0.25, 0.3) is 0 Å². The van der Waals surface area contributed by atoms with Crippen LogP contribution in [0, 0.1) is 0 Å². The van der Waals surface area contributed by atoms with E-state index in [-0.39, 0.29) is 17.9 Å². The van der Waals surface area contributed by atoms with Crippen LogP contribution in [-0.2, 0) is 20.7 Å². The minimum absolute atomic E-state index is 0.0469. The van der Waals surface area contributed by atoms with Crippen LogP contribution in [-0.4, -0.2) is 42.0 Å². The molecule has 0 aromatic heterocycles. The maximum atomic E-state index is 11.8. The van der Waals surface area contributed by atoms with Gasteiger partial charge in [-0.2, -0.15) is 0 Å². The predicted octanol–water partition coefficient (Wildman–Crippen LogP) is 2.48. The highest BCUT2D eigenvalue weighted by atomic mass is 127. The first-order valence-electron chi connectivity index (χ1n) is 7.95. The summed E-state index contributed by atoms with van der Waals surface area (Å²) in [7, 11) is 0. The van der Waals surface area contributed by atoms with Crippen LogP contribution in [0.3, 0.4) is 0 Å². The Hall–Kier alpha value is -1.15. The molecule has 126 valence electrons. The van der Waals surface area contributed by atoms with Gasteiger partial charge in [0.15, 0.2) is 0 Å². The predicted molar refractivity (Wildman–Crippen MR) is 97.1 cm³/mol.